The molecule has 0 saturated carbocycles. The van der Waals surface area contributed by atoms with Gasteiger partial charge < -0.3 is 14.2 Å². The first-order valence-electron chi connectivity index (χ1n) is 11.0. The van der Waals surface area contributed by atoms with Crippen LogP contribution in [0, 0.1) is 5.92 Å². The lowest BCUT2D eigenvalue weighted by molar-refractivity contribution is -0.147. The fourth-order valence-corrected chi connectivity index (χ4v) is 4.79. The third kappa shape index (κ3) is 3.61. The van der Waals surface area contributed by atoms with E-state index in [9.17, 15) is 18.0 Å². The lowest BCUT2D eigenvalue weighted by Gasteiger charge is -2.36. The van der Waals surface area contributed by atoms with Crippen molar-refractivity contribution >= 4 is 5.97 Å². The molecule has 2 aliphatic rings. The summed E-state index contributed by atoms with van der Waals surface area (Å²) in [6, 6.07) is 13.8. The van der Waals surface area contributed by atoms with Gasteiger partial charge in [-0.3, -0.25) is 9.69 Å². The minimum Gasteiger partial charge on any atom is -0.481 e. The molecular formula is C25H18F3N3O4. The zero-order valence-corrected chi connectivity index (χ0v) is 18.2. The molecule has 35 heavy (non-hydrogen) atoms. The van der Waals surface area contributed by atoms with Crippen LogP contribution in [0.15, 0.2) is 57.6 Å². The molecule has 10 heteroatoms. The number of benzene rings is 2. The van der Waals surface area contributed by atoms with E-state index in [1.807, 2.05) is 23.1 Å². The van der Waals surface area contributed by atoms with Crippen LogP contribution in [0.1, 0.15) is 22.3 Å². The number of hydrogen-bond acceptors (Lipinski definition) is 6. The Morgan fingerprint density at radius 2 is 1.74 bits per heavy atom. The Morgan fingerprint density at radius 1 is 1.03 bits per heavy atom. The highest BCUT2D eigenvalue weighted by Crippen LogP contribution is 2.47. The van der Waals surface area contributed by atoms with Crippen LogP contribution in [0.25, 0.3) is 34.0 Å². The van der Waals surface area contributed by atoms with E-state index in [0.29, 0.717) is 37.3 Å². The Morgan fingerprint density at radius 3 is 2.46 bits per heavy atom. The zero-order chi connectivity index (χ0) is 24.3. The Hall–Kier alpha value is -3.92. The first-order chi connectivity index (χ1) is 16.8. The predicted molar refractivity (Wildman–Crippen MR) is 117 cm³/mol. The maximum atomic E-state index is 14.1. The summed E-state index contributed by atoms with van der Waals surface area (Å²) < 4.78 is 52.9. The molecule has 0 spiro atoms. The number of nitrogens with zero attached hydrogens (tertiary/aromatic N) is 3. The second-order valence-electron chi connectivity index (χ2n) is 8.84. The highest BCUT2D eigenvalue weighted by atomic mass is 19.4. The number of carbonyl (C=O) groups is 1. The SMILES string of the molecule is O=C(O)C1CN(Cc2ccc3c(c2)Cc2c-3noc2-c2noc(-c3ccccc3)c2C(F)(F)F)C1. The number of carboxylic acid groups (broad SMARTS) is 1. The molecule has 7 nitrogen and oxygen atoms in total. The molecule has 1 fully saturated rings. The second-order valence-corrected chi connectivity index (χ2v) is 8.84. The molecular weight excluding hydrogens is 463 g/mol. The topological polar surface area (TPSA) is 92.6 Å². The lowest BCUT2D eigenvalue weighted by Crippen LogP contribution is -2.49. The van der Waals surface area contributed by atoms with E-state index >= 15 is 0 Å². The van der Waals surface area contributed by atoms with Gasteiger partial charge in [0.1, 0.15) is 11.3 Å². The maximum absolute atomic E-state index is 14.1. The Kier molecular flexibility index (Phi) is 4.82. The van der Waals surface area contributed by atoms with Gasteiger partial charge in [-0.25, -0.2) is 0 Å². The molecule has 3 heterocycles. The minimum atomic E-state index is -4.72. The molecule has 0 radical (unpaired) electrons. The van der Waals surface area contributed by atoms with Gasteiger partial charge in [-0.15, -0.1) is 0 Å². The number of aromatic nitrogens is 2. The quantitative estimate of drug-likeness (QED) is 0.373. The van der Waals surface area contributed by atoms with Crippen LogP contribution in [-0.4, -0.2) is 39.4 Å². The van der Waals surface area contributed by atoms with Crippen molar-refractivity contribution in [2.45, 2.75) is 19.1 Å². The molecule has 0 bridgehead atoms. The second kappa shape index (κ2) is 7.81. The van der Waals surface area contributed by atoms with E-state index in [1.54, 1.807) is 18.2 Å². The fourth-order valence-electron chi connectivity index (χ4n) is 4.79. The molecule has 1 N–H and O–H groups in total. The van der Waals surface area contributed by atoms with Gasteiger partial charge in [-0.2, -0.15) is 13.2 Å². The van der Waals surface area contributed by atoms with E-state index in [1.165, 1.54) is 12.1 Å². The standard InChI is InChI=1S/C25H18F3N3O4/c26-25(27,28)19-21(30-34-22(19)14-4-2-1-3-5-14)23-18-9-15-8-13(6-7-17(15)20(18)29-35-23)10-31-11-16(12-31)24(32)33/h1-8,16H,9-12H2,(H,32,33). The van der Waals surface area contributed by atoms with Gasteiger partial charge >= 0.3 is 12.1 Å². The molecule has 1 aliphatic heterocycles. The summed E-state index contributed by atoms with van der Waals surface area (Å²) in [7, 11) is 0. The first kappa shape index (κ1) is 21.6. The van der Waals surface area contributed by atoms with Crippen molar-refractivity contribution in [2.24, 2.45) is 5.92 Å². The molecule has 2 aromatic heterocycles. The van der Waals surface area contributed by atoms with Gasteiger partial charge in [0.05, 0.1) is 5.92 Å². The van der Waals surface area contributed by atoms with Crippen molar-refractivity contribution in [3.8, 4) is 34.0 Å². The summed E-state index contributed by atoms with van der Waals surface area (Å²) in [5, 5.41) is 16.9. The van der Waals surface area contributed by atoms with Gasteiger partial charge in [-0.1, -0.05) is 58.8 Å². The van der Waals surface area contributed by atoms with E-state index in [2.05, 4.69) is 10.3 Å². The summed E-state index contributed by atoms with van der Waals surface area (Å²) in [6.07, 6.45) is -4.37. The number of rotatable bonds is 5. The van der Waals surface area contributed by atoms with Crippen LogP contribution < -0.4 is 0 Å². The van der Waals surface area contributed by atoms with Crippen LogP contribution in [0.5, 0.6) is 0 Å². The molecule has 4 aromatic rings. The molecule has 0 atom stereocenters. The number of halogens is 3. The monoisotopic (exact) mass is 481 g/mol. The van der Waals surface area contributed by atoms with Crippen molar-refractivity contribution in [2.75, 3.05) is 13.1 Å². The maximum Gasteiger partial charge on any atom is 0.422 e. The van der Waals surface area contributed by atoms with Crippen LogP contribution in [0.2, 0.25) is 0 Å². The van der Waals surface area contributed by atoms with Gasteiger partial charge in [-0.05, 0) is 11.1 Å². The van der Waals surface area contributed by atoms with E-state index in [-0.39, 0.29) is 23.0 Å². The highest BCUT2D eigenvalue weighted by Gasteiger charge is 2.43. The number of aliphatic carboxylic acids is 1. The summed E-state index contributed by atoms with van der Waals surface area (Å²) in [5.74, 6) is -1.55. The Labute approximate surface area is 196 Å². The van der Waals surface area contributed by atoms with Gasteiger partial charge in [0.25, 0.3) is 0 Å². The molecule has 1 saturated heterocycles. The number of hydrogen-bond donors (Lipinski definition) is 1. The van der Waals surface area contributed by atoms with Crippen molar-refractivity contribution in [1.29, 1.82) is 0 Å². The Balaban J connectivity index is 1.32. The summed E-state index contributed by atoms with van der Waals surface area (Å²) in [5.41, 5.74) is 2.60. The molecule has 6 rings (SSSR count). The molecule has 178 valence electrons. The number of likely N-dealkylation sites (tertiary alicyclic amines) is 1. The average molecular weight is 481 g/mol. The number of alkyl halides is 3. The van der Waals surface area contributed by atoms with Gasteiger partial charge in [0.2, 0.25) is 0 Å². The normalized spacial score (nSPS) is 15.6. The minimum absolute atomic E-state index is 0.0527. The number of carboxylic acids is 1. The molecule has 1 aliphatic carbocycles. The van der Waals surface area contributed by atoms with Crippen molar-refractivity contribution < 1.29 is 32.1 Å². The zero-order valence-electron chi connectivity index (χ0n) is 18.2. The first-order valence-corrected chi connectivity index (χ1v) is 11.0. The van der Waals surface area contributed by atoms with Crippen LogP contribution in [0.3, 0.4) is 0 Å². The van der Waals surface area contributed by atoms with Crippen LogP contribution in [-0.2, 0) is 23.9 Å². The van der Waals surface area contributed by atoms with E-state index in [4.69, 9.17) is 14.2 Å². The molecule has 0 unspecified atom stereocenters. The third-order valence-electron chi connectivity index (χ3n) is 6.52. The Bertz CT molecular complexity index is 1440. The summed E-state index contributed by atoms with van der Waals surface area (Å²) >= 11 is 0. The highest BCUT2D eigenvalue weighted by molar-refractivity contribution is 5.82. The lowest BCUT2D eigenvalue weighted by atomic mass is 9.98. The van der Waals surface area contributed by atoms with Crippen molar-refractivity contribution in [3.05, 3.63) is 70.8 Å². The van der Waals surface area contributed by atoms with Crippen LogP contribution in [0.4, 0.5) is 13.2 Å². The average Bonchev–Trinajstić information content (AvgIpc) is 3.48. The fraction of sp³-hybridized carbons (Fsp3) is 0.240. The smallest absolute Gasteiger partial charge is 0.422 e. The molecule has 0 amide bonds. The summed E-state index contributed by atoms with van der Waals surface area (Å²) in [4.78, 5) is 13.1. The number of fused-ring (bicyclic) bond motifs is 3. The van der Waals surface area contributed by atoms with E-state index < -0.39 is 23.4 Å². The van der Waals surface area contributed by atoms with Gasteiger partial charge in [0, 0.05) is 42.7 Å². The van der Waals surface area contributed by atoms with Gasteiger partial charge in [0.15, 0.2) is 17.2 Å². The third-order valence-corrected chi connectivity index (χ3v) is 6.52. The molecule has 2 aromatic carbocycles. The largest absolute Gasteiger partial charge is 0.481 e. The summed E-state index contributed by atoms with van der Waals surface area (Å²) in [6.45, 7) is 1.60. The predicted octanol–water partition coefficient (Wildman–Crippen LogP) is 5.10. The van der Waals surface area contributed by atoms with Crippen molar-refractivity contribution in [1.82, 2.24) is 15.2 Å². The van der Waals surface area contributed by atoms with E-state index in [0.717, 1.165) is 16.7 Å². The van der Waals surface area contributed by atoms with Crippen LogP contribution >= 0.6 is 0 Å². The van der Waals surface area contributed by atoms with Crippen molar-refractivity contribution in [3.63, 3.8) is 0 Å².